The van der Waals surface area contributed by atoms with Crippen LogP contribution in [0.5, 0.6) is 0 Å². The molecule has 0 unspecified atom stereocenters. The zero-order chi connectivity index (χ0) is 14.1. The number of nitrogens with zero attached hydrogens (tertiary/aromatic N) is 2. The Morgan fingerprint density at radius 2 is 2.00 bits per heavy atom. The van der Waals surface area contributed by atoms with E-state index in [1.54, 1.807) is 12.1 Å². The van der Waals surface area contributed by atoms with E-state index in [-0.39, 0.29) is 30.6 Å². The van der Waals surface area contributed by atoms with Gasteiger partial charge in [0.05, 0.1) is 11.0 Å². The van der Waals surface area contributed by atoms with E-state index in [4.69, 9.17) is 11.1 Å². The van der Waals surface area contributed by atoms with Crippen LogP contribution in [0.2, 0.25) is 0 Å². The predicted octanol–water partition coefficient (Wildman–Crippen LogP) is 3.31. The number of benzene rings is 1. The van der Waals surface area contributed by atoms with Crippen LogP contribution in [0, 0.1) is 5.41 Å². The molecule has 0 bridgehead atoms. The number of aryl methyl sites for hydroxylation is 1. The van der Waals surface area contributed by atoms with Crippen molar-refractivity contribution in [3.63, 3.8) is 0 Å². The first kappa shape index (κ1) is 17.9. The largest absolute Gasteiger partial charge is 0.384 e. The third-order valence-electron chi connectivity index (χ3n) is 3.27. The molecular weight excluding hydrogens is 321 g/mol. The van der Waals surface area contributed by atoms with Gasteiger partial charge in [0, 0.05) is 11.8 Å². The van der Waals surface area contributed by atoms with Crippen LogP contribution in [0.1, 0.15) is 18.1 Å². The van der Waals surface area contributed by atoms with E-state index in [2.05, 4.69) is 27.9 Å². The van der Waals surface area contributed by atoms with Crippen molar-refractivity contribution in [3.8, 4) is 11.5 Å². The number of pyridine rings is 1. The number of halogens is 2. The van der Waals surface area contributed by atoms with Gasteiger partial charge in [-0.2, -0.15) is 0 Å². The molecule has 0 aliphatic rings. The highest BCUT2D eigenvalue weighted by Gasteiger charge is 2.08. The second-order valence-corrected chi connectivity index (χ2v) is 4.64. The third-order valence-corrected chi connectivity index (χ3v) is 3.27. The fourth-order valence-electron chi connectivity index (χ4n) is 2.07. The van der Waals surface area contributed by atoms with Crippen LogP contribution < -0.4 is 5.73 Å². The second kappa shape index (κ2) is 7.24. The van der Waals surface area contributed by atoms with Gasteiger partial charge in [0.1, 0.15) is 11.5 Å². The van der Waals surface area contributed by atoms with Gasteiger partial charge in [-0.3, -0.25) is 10.4 Å². The Balaban J connectivity index is 0.00000121. The topological polar surface area (TPSA) is 91.4 Å². The Hall–Kier alpha value is -2.11. The van der Waals surface area contributed by atoms with Crippen molar-refractivity contribution in [2.45, 2.75) is 13.3 Å². The second-order valence-electron chi connectivity index (χ2n) is 4.64. The van der Waals surface area contributed by atoms with Crippen molar-refractivity contribution >= 4 is 41.7 Å². The lowest BCUT2D eigenvalue weighted by Gasteiger charge is -1.97. The minimum absolute atomic E-state index is 0. The molecule has 0 aliphatic carbocycles. The number of imidazole rings is 1. The van der Waals surface area contributed by atoms with Crippen molar-refractivity contribution in [2.75, 3.05) is 0 Å². The molecule has 0 saturated heterocycles. The van der Waals surface area contributed by atoms with Gasteiger partial charge < -0.3 is 10.7 Å². The standard InChI is InChI=1S/C15H15N5.2ClH/c1-2-9-3-5-12(18-8-9)15-19-11-6-4-10(14(16)17)7-13(11)20-15;;/h3-8H,2H2,1H3,(H3,16,17)(H,19,20);2*1H. The van der Waals surface area contributed by atoms with Crippen LogP contribution in [-0.4, -0.2) is 20.8 Å². The maximum atomic E-state index is 7.45. The zero-order valence-corrected chi connectivity index (χ0v) is 13.6. The van der Waals surface area contributed by atoms with Crippen molar-refractivity contribution in [1.29, 1.82) is 5.41 Å². The van der Waals surface area contributed by atoms with Gasteiger partial charge in [0.2, 0.25) is 0 Å². The number of fused-ring (bicyclic) bond motifs is 1. The van der Waals surface area contributed by atoms with Gasteiger partial charge >= 0.3 is 0 Å². The molecular formula is C15H17Cl2N5. The lowest BCUT2D eigenvalue weighted by molar-refractivity contribution is 1.10. The van der Waals surface area contributed by atoms with Crippen molar-refractivity contribution < 1.29 is 0 Å². The summed E-state index contributed by atoms with van der Waals surface area (Å²) >= 11 is 0. The number of aromatic nitrogens is 3. The molecule has 2 heterocycles. The molecule has 0 radical (unpaired) electrons. The summed E-state index contributed by atoms with van der Waals surface area (Å²) in [6.07, 6.45) is 2.83. The molecule has 3 aromatic rings. The minimum atomic E-state index is 0. The molecule has 0 fully saturated rings. The van der Waals surface area contributed by atoms with E-state index >= 15 is 0 Å². The number of H-pyrrole nitrogens is 1. The third kappa shape index (κ3) is 3.37. The average Bonchev–Trinajstić information content (AvgIpc) is 2.90. The summed E-state index contributed by atoms with van der Waals surface area (Å²) in [5.74, 6) is 0.769. The Morgan fingerprint density at radius 1 is 1.23 bits per heavy atom. The number of nitrogens with one attached hydrogen (secondary N) is 2. The summed E-state index contributed by atoms with van der Waals surface area (Å²) in [7, 11) is 0. The van der Waals surface area contributed by atoms with Gasteiger partial charge in [-0.1, -0.05) is 13.0 Å². The zero-order valence-electron chi connectivity index (χ0n) is 12.0. The van der Waals surface area contributed by atoms with Crippen molar-refractivity contribution in [3.05, 3.63) is 47.7 Å². The van der Waals surface area contributed by atoms with Crippen molar-refractivity contribution in [2.24, 2.45) is 5.73 Å². The lowest BCUT2D eigenvalue weighted by Crippen LogP contribution is -2.10. The Morgan fingerprint density at radius 3 is 2.59 bits per heavy atom. The number of aromatic amines is 1. The highest BCUT2D eigenvalue weighted by Crippen LogP contribution is 2.20. The summed E-state index contributed by atoms with van der Waals surface area (Å²) in [6, 6.07) is 9.50. The van der Waals surface area contributed by atoms with E-state index in [9.17, 15) is 0 Å². The summed E-state index contributed by atoms with van der Waals surface area (Å²) in [5, 5.41) is 7.45. The van der Waals surface area contributed by atoms with E-state index in [0.717, 1.165) is 29.0 Å². The molecule has 0 aliphatic heterocycles. The van der Waals surface area contributed by atoms with Crippen LogP contribution in [-0.2, 0) is 6.42 Å². The van der Waals surface area contributed by atoms with Gasteiger partial charge in [0.15, 0.2) is 5.82 Å². The molecule has 116 valence electrons. The molecule has 2 aromatic heterocycles. The summed E-state index contributed by atoms with van der Waals surface area (Å²) in [6.45, 7) is 2.10. The lowest BCUT2D eigenvalue weighted by atomic mass is 10.2. The number of hydrogen-bond acceptors (Lipinski definition) is 3. The molecule has 0 spiro atoms. The molecule has 1 aromatic carbocycles. The van der Waals surface area contributed by atoms with Gasteiger partial charge in [-0.25, -0.2) is 4.98 Å². The van der Waals surface area contributed by atoms with Gasteiger partial charge in [0.25, 0.3) is 0 Å². The number of hydrogen-bond donors (Lipinski definition) is 3. The molecule has 22 heavy (non-hydrogen) atoms. The normalized spacial score (nSPS) is 9.86. The first-order valence-corrected chi connectivity index (χ1v) is 6.47. The maximum Gasteiger partial charge on any atom is 0.157 e. The monoisotopic (exact) mass is 337 g/mol. The van der Waals surface area contributed by atoms with Crippen molar-refractivity contribution in [1.82, 2.24) is 15.0 Å². The van der Waals surface area contributed by atoms with Crippen LogP contribution in [0.3, 0.4) is 0 Å². The van der Waals surface area contributed by atoms with E-state index in [0.29, 0.717) is 5.56 Å². The minimum Gasteiger partial charge on any atom is -0.384 e. The smallest absolute Gasteiger partial charge is 0.157 e. The number of nitrogen functional groups attached to an aromatic ring is 1. The van der Waals surface area contributed by atoms with Crippen LogP contribution in [0.15, 0.2) is 36.5 Å². The SMILES string of the molecule is CCc1ccc(-c2nc3cc(C(=N)N)ccc3[nH]2)nc1.Cl.Cl. The number of nitrogens with two attached hydrogens (primary N) is 1. The van der Waals surface area contributed by atoms with Crippen LogP contribution >= 0.6 is 24.8 Å². The molecule has 5 nitrogen and oxygen atoms in total. The Bertz CT molecular complexity index is 780. The van der Waals surface area contributed by atoms with Crippen LogP contribution in [0.25, 0.3) is 22.6 Å². The highest BCUT2D eigenvalue weighted by molar-refractivity contribution is 5.98. The van der Waals surface area contributed by atoms with Crippen LogP contribution in [0.4, 0.5) is 0 Å². The summed E-state index contributed by atoms with van der Waals surface area (Å²) in [5.41, 5.74) is 9.86. The highest BCUT2D eigenvalue weighted by atomic mass is 35.5. The summed E-state index contributed by atoms with van der Waals surface area (Å²) in [4.78, 5) is 12.2. The van der Waals surface area contributed by atoms with Gasteiger partial charge in [-0.15, -0.1) is 24.8 Å². The first-order chi connectivity index (χ1) is 9.67. The molecule has 3 rings (SSSR count). The number of rotatable bonds is 3. The quantitative estimate of drug-likeness (QED) is 0.505. The predicted molar refractivity (Wildman–Crippen MR) is 94.2 cm³/mol. The molecule has 0 saturated carbocycles. The molecule has 0 amide bonds. The fourth-order valence-corrected chi connectivity index (χ4v) is 2.07. The first-order valence-electron chi connectivity index (χ1n) is 6.47. The van der Waals surface area contributed by atoms with E-state index < -0.39 is 0 Å². The Labute approximate surface area is 140 Å². The fraction of sp³-hybridized carbons (Fsp3) is 0.133. The Kier molecular flexibility index (Phi) is 5.91. The molecule has 7 heteroatoms. The van der Waals surface area contributed by atoms with E-state index in [1.807, 2.05) is 18.3 Å². The molecule has 0 atom stereocenters. The van der Waals surface area contributed by atoms with Gasteiger partial charge in [-0.05, 0) is 36.2 Å². The number of amidine groups is 1. The van der Waals surface area contributed by atoms with E-state index in [1.165, 1.54) is 5.56 Å². The molecule has 4 N–H and O–H groups in total. The summed E-state index contributed by atoms with van der Waals surface area (Å²) < 4.78 is 0. The maximum absolute atomic E-state index is 7.45. The average molecular weight is 338 g/mol.